The highest BCUT2D eigenvalue weighted by atomic mass is 16.6. The van der Waals surface area contributed by atoms with Gasteiger partial charge in [-0.25, -0.2) is 4.79 Å². The van der Waals surface area contributed by atoms with Crippen molar-refractivity contribution < 1.29 is 19.4 Å². The molecule has 0 bridgehead atoms. The number of carboxylic acid groups (broad SMARTS) is 1. The van der Waals surface area contributed by atoms with Crippen LogP contribution in [0.1, 0.15) is 52.9 Å². The van der Waals surface area contributed by atoms with E-state index in [-0.39, 0.29) is 11.9 Å². The molecular formula is C12H22O4. The number of hydrogen-bond acceptors (Lipinski definition) is 3. The van der Waals surface area contributed by atoms with E-state index in [1.54, 1.807) is 6.92 Å². The molecule has 0 aromatic rings. The highest BCUT2D eigenvalue weighted by Gasteiger charge is 2.25. The third-order valence-electron chi connectivity index (χ3n) is 2.51. The van der Waals surface area contributed by atoms with E-state index in [0.717, 1.165) is 25.7 Å². The van der Waals surface area contributed by atoms with Gasteiger partial charge in [-0.3, -0.25) is 4.79 Å². The lowest BCUT2D eigenvalue weighted by atomic mass is 9.98. The molecule has 0 radical (unpaired) electrons. The largest absolute Gasteiger partial charge is 0.479 e. The Bertz CT molecular complexity index is 219. The minimum absolute atomic E-state index is 0.150. The molecule has 0 aliphatic heterocycles. The van der Waals surface area contributed by atoms with Crippen molar-refractivity contribution in [2.24, 2.45) is 5.92 Å². The van der Waals surface area contributed by atoms with Crippen molar-refractivity contribution in [1.29, 1.82) is 0 Å². The molecule has 1 N–H and O–H groups in total. The maximum atomic E-state index is 11.7. The zero-order valence-corrected chi connectivity index (χ0v) is 10.4. The highest BCUT2D eigenvalue weighted by Crippen LogP contribution is 2.16. The molecule has 0 aromatic heterocycles. The number of rotatable bonds is 8. The molecule has 0 heterocycles. The molecule has 0 aliphatic carbocycles. The summed E-state index contributed by atoms with van der Waals surface area (Å²) in [5.74, 6) is -1.58. The van der Waals surface area contributed by atoms with Gasteiger partial charge in [-0.2, -0.15) is 0 Å². The molecule has 0 saturated heterocycles. The SMILES string of the molecule is CCCC(CCC)C(=O)OC(CC)C(=O)O. The van der Waals surface area contributed by atoms with Crippen LogP contribution in [0.5, 0.6) is 0 Å². The molecule has 0 aliphatic rings. The molecule has 94 valence electrons. The Hall–Kier alpha value is -1.06. The maximum Gasteiger partial charge on any atom is 0.345 e. The number of carbonyl (C=O) groups excluding carboxylic acids is 1. The molecule has 4 nitrogen and oxygen atoms in total. The van der Waals surface area contributed by atoms with Gasteiger partial charge in [0, 0.05) is 0 Å². The summed E-state index contributed by atoms with van der Waals surface area (Å²) < 4.78 is 4.99. The summed E-state index contributed by atoms with van der Waals surface area (Å²) in [6.45, 7) is 5.70. The molecule has 0 rings (SSSR count). The summed E-state index contributed by atoms with van der Waals surface area (Å²) in [7, 11) is 0. The predicted octanol–water partition coefficient (Wildman–Crippen LogP) is 2.61. The van der Waals surface area contributed by atoms with Gasteiger partial charge in [-0.15, -0.1) is 0 Å². The van der Waals surface area contributed by atoms with Crippen LogP contribution in [0.15, 0.2) is 0 Å². The number of aliphatic carboxylic acids is 1. The molecule has 4 heteroatoms. The van der Waals surface area contributed by atoms with Gasteiger partial charge in [-0.1, -0.05) is 33.6 Å². The summed E-state index contributed by atoms with van der Waals surface area (Å²) in [4.78, 5) is 22.4. The van der Waals surface area contributed by atoms with Crippen LogP contribution >= 0.6 is 0 Å². The fourth-order valence-corrected chi connectivity index (χ4v) is 1.62. The molecule has 16 heavy (non-hydrogen) atoms. The lowest BCUT2D eigenvalue weighted by Crippen LogP contribution is -2.29. The maximum absolute atomic E-state index is 11.7. The normalized spacial score (nSPS) is 12.5. The number of ether oxygens (including phenoxy) is 1. The van der Waals surface area contributed by atoms with Gasteiger partial charge in [0.15, 0.2) is 6.10 Å². The Morgan fingerprint density at radius 3 is 1.94 bits per heavy atom. The first-order valence-corrected chi connectivity index (χ1v) is 6.00. The Balaban J connectivity index is 4.32. The monoisotopic (exact) mass is 230 g/mol. The van der Waals surface area contributed by atoms with Crippen LogP contribution in [0.4, 0.5) is 0 Å². The molecule has 0 aromatic carbocycles. The molecule has 0 saturated carbocycles. The Morgan fingerprint density at radius 1 is 1.12 bits per heavy atom. The number of esters is 1. The fraction of sp³-hybridized carbons (Fsp3) is 0.833. The van der Waals surface area contributed by atoms with E-state index in [9.17, 15) is 9.59 Å². The zero-order valence-electron chi connectivity index (χ0n) is 10.4. The first-order valence-electron chi connectivity index (χ1n) is 6.00. The van der Waals surface area contributed by atoms with Crippen LogP contribution in [-0.4, -0.2) is 23.1 Å². The second kappa shape index (κ2) is 8.13. The van der Waals surface area contributed by atoms with Crippen molar-refractivity contribution in [3.05, 3.63) is 0 Å². The first-order chi connectivity index (χ1) is 7.56. The average molecular weight is 230 g/mol. The summed E-state index contributed by atoms with van der Waals surface area (Å²) in [6, 6.07) is 0. The van der Waals surface area contributed by atoms with Gasteiger partial charge in [0.05, 0.1) is 5.92 Å². The lowest BCUT2D eigenvalue weighted by Gasteiger charge is -2.17. The van der Waals surface area contributed by atoms with Crippen LogP contribution in [0.25, 0.3) is 0 Å². The van der Waals surface area contributed by atoms with E-state index in [4.69, 9.17) is 9.84 Å². The van der Waals surface area contributed by atoms with Gasteiger partial charge >= 0.3 is 11.9 Å². The van der Waals surface area contributed by atoms with Crippen molar-refractivity contribution in [3.8, 4) is 0 Å². The second-order valence-electron chi connectivity index (χ2n) is 3.95. The predicted molar refractivity (Wildman–Crippen MR) is 61.1 cm³/mol. The highest BCUT2D eigenvalue weighted by molar-refractivity contribution is 5.79. The first kappa shape index (κ1) is 14.9. The number of hydrogen-bond donors (Lipinski definition) is 1. The third-order valence-corrected chi connectivity index (χ3v) is 2.51. The van der Waals surface area contributed by atoms with Crippen LogP contribution in [0, 0.1) is 5.92 Å². The molecule has 1 unspecified atom stereocenters. The molecule has 0 fully saturated rings. The van der Waals surface area contributed by atoms with E-state index in [1.807, 2.05) is 13.8 Å². The number of carboxylic acids is 1. The van der Waals surface area contributed by atoms with Crippen LogP contribution in [0.2, 0.25) is 0 Å². The summed E-state index contributed by atoms with van der Waals surface area (Å²) in [5.41, 5.74) is 0. The van der Waals surface area contributed by atoms with E-state index in [0.29, 0.717) is 6.42 Å². The van der Waals surface area contributed by atoms with Gasteiger partial charge < -0.3 is 9.84 Å². The zero-order chi connectivity index (χ0) is 12.6. The third kappa shape index (κ3) is 5.14. The summed E-state index contributed by atoms with van der Waals surface area (Å²) >= 11 is 0. The lowest BCUT2D eigenvalue weighted by molar-refractivity contribution is -0.167. The molecular weight excluding hydrogens is 208 g/mol. The standard InChI is InChI=1S/C12H22O4/c1-4-7-9(8-5-2)12(15)16-10(6-3)11(13)14/h9-10H,4-8H2,1-3H3,(H,13,14). The molecule has 1 atom stereocenters. The van der Waals surface area contributed by atoms with Crippen molar-refractivity contribution in [2.45, 2.75) is 59.0 Å². The van der Waals surface area contributed by atoms with E-state index >= 15 is 0 Å². The molecule has 0 amide bonds. The van der Waals surface area contributed by atoms with Gasteiger partial charge in [-0.05, 0) is 19.3 Å². The Morgan fingerprint density at radius 2 is 1.62 bits per heavy atom. The smallest absolute Gasteiger partial charge is 0.345 e. The minimum Gasteiger partial charge on any atom is -0.479 e. The Kier molecular flexibility index (Phi) is 7.60. The molecule has 0 spiro atoms. The van der Waals surface area contributed by atoms with Crippen LogP contribution in [0.3, 0.4) is 0 Å². The van der Waals surface area contributed by atoms with Crippen molar-refractivity contribution >= 4 is 11.9 Å². The Labute approximate surface area is 97.0 Å². The second-order valence-corrected chi connectivity index (χ2v) is 3.95. The van der Waals surface area contributed by atoms with Gasteiger partial charge in [0.25, 0.3) is 0 Å². The number of carbonyl (C=O) groups is 2. The quantitative estimate of drug-likeness (QED) is 0.651. The fourth-order valence-electron chi connectivity index (χ4n) is 1.62. The van der Waals surface area contributed by atoms with E-state index in [2.05, 4.69) is 0 Å². The summed E-state index contributed by atoms with van der Waals surface area (Å²) in [6.07, 6.45) is 2.66. The van der Waals surface area contributed by atoms with Crippen LogP contribution < -0.4 is 0 Å². The average Bonchev–Trinajstić information content (AvgIpc) is 2.24. The van der Waals surface area contributed by atoms with Crippen molar-refractivity contribution in [1.82, 2.24) is 0 Å². The summed E-state index contributed by atoms with van der Waals surface area (Å²) in [5, 5.41) is 8.79. The van der Waals surface area contributed by atoms with E-state index < -0.39 is 12.1 Å². The van der Waals surface area contributed by atoms with Crippen LogP contribution in [-0.2, 0) is 14.3 Å². The van der Waals surface area contributed by atoms with Crippen molar-refractivity contribution in [2.75, 3.05) is 0 Å². The van der Waals surface area contributed by atoms with Crippen molar-refractivity contribution in [3.63, 3.8) is 0 Å². The minimum atomic E-state index is -1.07. The van der Waals surface area contributed by atoms with E-state index in [1.165, 1.54) is 0 Å². The van der Waals surface area contributed by atoms with Gasteiger partial charge in [0.1, 0.15) is 0 Å². The van der Waals surface area contributed by atoms with Gasteiger partial charge in [0.2, 0.25) is 0 Å². The topological polar surface area (TPSA) is 63.6 Å².